The summed E-state index contributed by atoms with van der Waals surface area (Å²) in [7, 11) is 1.51. The molecule has 0 aliphatic carbocycles. The number of ether oxygens (including phenoxy) is 1. The Hall–Kier alpha value is -1.76. The SMILES string of the molecule is COc1ccc(C(C)(Cl)C(F)(F)F)cc1CN[C@H]1CCCN[C@H]1c1ccccc1. The van der Waals surface area contributed by atoms with E-state index in [9.17, 15) is 13.2 Å². The minimum Gasteiger partial charge on any atom is -0.496 e. The Morgan fingerprint density at radius 1 is 1.17 bits per heavy atom. The Morgan fingerprint density at radius 3 is 2.55 bits per heavy atom. The molecule has 0 radical (unpaired) electrons. The molecule has 0 amide bonds. The van der Waals surface area contributed by atoms with Crippen LogP contribution < -0.4 is 15.4 Å². The van der Waals surface area contributed by atoms with Crippen molar-refractivity contribution in [3.8, 4) is 5.75 Å². The maximum atomic E-state index is 13.4. The lowest BCUT2D eigenvalue weighted by Gasteiger charge is -2.34. The van der Waals surface area contributed by atoms with Crippen LogP contribution in [0.25, 0.3) is 0 Å². The molecule has 2 aromatic carbocycles. The van der Waals surface area contributed by atoms with Crippen LogP contribution in [0, 0.1) is 0 Å². The second-order valence-electron chi connectivity index (χ2n) is 7.50. The molecule has 2 N–H and O–H groups in total. The Bertz CT molecular complexity index is 811. The van der Waals surface area contributed by atoms with Crippen LogP contribution in [0.4, 0.5) is 13.2 Å². The van der Waals surface area contributed by atoms with Crippen molar-refractivity contribution >= 4 is 11.6 Å². The van der Waals surface area contributed by atoms with Gasteiger partial charge in [0.05, 0.1) is 7.11 Å². The largest absolute Gasteiger partial charge is 0.496 e. The average molecular weight is 427 g/mol. The predicted molar refractivity (Wildman–Crippen MR) is 109 cm³/mol. The van der Waals surface area contributed by atoms with Crippen LogP contribution in [0.5, 0.6) is 5.75 Å². The molecule has 158 valence electrons. The smallest absolute Gasteiger partial charge is 0.411 e. The summed E-state index contributed by atoms with van der Waals surface area (Å²) in [5.74, 6) is 0.538. The van der Waals surface area contributed by atoms with Crippen molar-refractivity contribution in [1.82, 2.24) is 10.6 Å². The number of methoxy groups -OCH3 is 1. The monoisotopic (exact) mass is 426 g/mol. The van der Waals surface area contributed by atoms with Gasteiger partial charge in [0.2, 0.25) is 0 Å². The lowest BCUT2D eigenvalue weighted by Crippen LogP contribution is -2.45. The van der Waals surface area contributed by atoms with E-state index in [1.54, 1.807) is 6.07 Å². The van der Waals surface area contributed by atoms with Gasteiger partial charge in [-0.25, -0.2) is 0 Å². The lowest BCUT2D eigenvalue weighted by molar-refractivity contribution is -0.160. The molecule has 1 aliphatic rings. The van der Waals surface area contributed by atoms with Crippen molar-refractivity contribution < 1.29 is 17.9 Å². The van der Waals surface area contributed by atoms with E-state index < -0.39 is 11.1 Å². The molecule has 0 bridgehead atoms. The summed E-state index contributed by atoms with van der Waals surface area (Å²) < 4.78 is 45.5. The molecule has 1 aliphatic heterocycles. The van der Waals surface area contributed by atoms with E-state index in [0.29, 0.717) is 17.9 Å². The van der Waals surface area contributed by atoms with Crippen molar-refractivity contribution in [2.24, 2.45) is 0 Å². The molecule has 0 spiro atoms. The van der Waals surface area contributed by atoms with E-state index in [2.05, 4.69) is 22.8 Å². The topological polar surface area (TPSA) is 33.3 Å². The van der Waals surface area contributed by atoms with Gasteiger partial charge >= 0.3 is 6.18 Å². The van der Waals surface area contributed by atoms with Crippen molar-refractivity contribution in [3.63, 3.8) is 0 Å². The highest BCUT2D eigenvalue weighted by Gasteiger charge is 2.51. The number of hydrogen-bond donors (Lipinski definition) is 2. The van der Waals surface area contributed by atoms with E-state index in [4.69, 9.17) is 16.3 Å². The number of halogens is 4. The Morgan fingerprint density at radius 2 is 1.90 bits per heavy atom. The maximum absolute atomic E-state index is 13.4. The van der Waals surface area contributed by atoms with Crippen molar-refractivity contribution in [1.29, 1.82) is 0 Å². The van der Waals surface area contributed by atoms with Crippen LogP contribution in [0.3, 0.4) is 0 Å². The normalized spacial score (nSPS) is 22.1. The molecule has 1 heterocycles. The molecule has 3 nitrogen and oxygen atoms in total. The number of rotatable bonds is 6. The molecule has 3 atom stereocenters. The summed E-state index contributed by atoms with van der Waals surface area (Å²) in [4.78, 5) is -2.45. The van der Waals surface area contributed by atoms with Crippen LogP contribution >= 0.6 is 11.6 Å². The van der Waals surface area contributed by atoms with E-state index in [0.717, 1.165) is 26.3 Å². The lowest BCUT2D eigenvalue weighted by atomic mass is 9.92. The molecule has 1 saturated heterocycles. The average Bonchev–Trinajstić information content (AvgIpc) is 2.72. The van der Waals surface area contributed by atoms with Gasteiger partial charge in [-0.3, -0.25) is 0 Å². The second-order valence-corrected chi connectivity index (χ2v) is 8.26. The standard InChI is InChI=1S/C22H26ClF3N2O/c1-21(23,22(24,25)26)17-10-11-19(29-2)16(13-17)14-28-18-9-6-12-27-20(18)15-7-4-3-5-8-15/h3-5,7-8,10-11,13,18,20,27-28H,6,9,12,14H2,1-2H3/t18-,20-,21?/m0/s1. The number of benzene rings is 2. The van der Waals surface area contributed by atoms with Gasteiger partial charge in [0, 0.05) is 24.2 Å². The zero-order valence-corrected chi connectivity index (χ0v) is 17.3. The minimum atomic E-state index is -4.56. The van der Waals surface area contributed by atoms with E-state index >= 15 is 0 Å². The third-order valence-corrected chi connectivity index (χ3v) is 5.96. The Labute approximate surface area is 174 Å². The third kappa shape index (κ3) is 4.87. The van der Waals surface area contributed by atoms with Crippen LogP contribution in [0.15, 0.2) is 48.5 Å². The van der Waals surface area contributed by atoms with E-state index in [-0.39, 0.29) is 17.6 Å². The summed E-state index contributed by atoms with van der Waals surface area (Å²) in [5.41, 5.74) is 1.85. The second kappa shape index (κ2) is 8.94. The van der Waals surface area contributed by atoms with Gasteiger partial charge in [-0.1, -0.05) is 36.4 Å². The molecule has 0 aromatic heterocycles. The number of alkyl halides is 4. The first-order valence-corrected chi connectivity index (χ1v) is 10.1. The molecular formula is C22H26ClF3N2O. The molecular weight excluding hydrogens is 401 g/mol. The van der Waals surface area contributed by atoms with E-state index in [1.165, 1.54) is 24.8 Å². The van der Waals surface area contributed by atoms with Crippen LogP contribution in [0.2, 0.25) is 0 Å². The zero-order chi connectivity index (χ0) is 21.1. The summed E-state index contributed by atoms with van der Waals surface area (Å²) in [6.07, 6.45) is -2.55. The van der Waals surface area contributed by atoms with Crippen LogP contribution in [-0.4, -0.2) is 25.9 Å². The molecule has 7 heteroatoms. The maximum Gasteiger partial charge on any atom is 0.411 e. The highest BCUT2D eigenvalue weighted by Crippen LogP contribution is 2.45. The van der Waals surface area contributed by atoms with Crippen molar-refractivity contribution in [2.45, 2.75) is 49.4 Å². The first kappa shape index (κ1) is 21.9. The highest BCUT2D eigenvalue weighted by atomic mass is 35.5. The van der Waals surface area contributed by atoms with Crippen LogP contribution in [0.1, 0.15) is 42.5 Å². The third-order valence-electron chi connectivity index (χ3n) is 5.53. The quantitative estimate of drug-likeness (QED) is 0.615. The first-order valence-electron chi connectivity index (χ1n) is 9.69. The predicted octanol–water partition coefficient (Wildman–Crippen LogP) is 5.29. The van der Waals surface area contributed by atoms with Gasteiger partial charge < -0.3 is 15.4 Å². The fraction of sp³-hybridized carbons (Fsp3) is 0.455. The number of hydrogen-bond acceptors (Lipinski definition) is 3. The molecule has 2 aromatic rings. The summed E-state index contributed by atoms with van der Waals surface area (Å²) in [5, 5.41) is 7.05. The summed E-state index contributed by atoms with van der Waals surface area (Å²) in [6.45, 7) is 2.30. The van der Waals surface area contributed by atoms with Gasteiger partial charge in [-0.05, 0) is 49.6 Å². The number of nitrogens with one attached hydrogen (secondary N) is 2. The Kier molecular flexibility index (Phi) is 6.76. The minimum absolute atomic E-state index is 0.00523. The van der Waals surface area contributed by atoms with Gasteiger partial charge in [-0.15, -0.1) is 11.6 Å². The van der Waals surface area contributed by atoms with Gasteiger partial charge in [-0.2, -0.15) is 13.2 Å². The van der Waals surface area contributed by atoms with Crippen molar-refractivity contribution in [3.05, 3.63) is 65.2 Å². The zero-order valence-electron chi connectivity index (χ0n) is 16.5. The molecule has 29 heavy (non-hydrogen) atoms. The molecule has 1 unspecified atom stereocenters. The first-order chi connectivity index (χ1) is 13.7. The van der Waals surface area contributed by atoms with Gasteiger partial charge in [0.1, 0.15) is 5.75 Å². The van der Waals surface area contributed by atoms with Crippen molar-refractivity contribution in [2.75, 3.05) is 13.7 Å². The summed E-state index contributed by atoms with van der Waals surface area (Å²) in [6, 6.07) is 14.9. The molecule has 0 saturated carbocycles. The fourth-order valence-corrected chi connectivity index (χ4v) is 3.85. The number of piperidine rings is 1. The Balaban J connectivity index is 1.81. The van der Waals surface area contributed by atoms with Gasteiger partial charge in [0.15, 0.2) is 4.87 Å². The molecule has 3 rings (SSSR count). The fourth-order valence-electron chi connectivity index (χ4n) is 3.73. The van der Waals surface area contributed by atoms with Crippen LogP contribution in [-0.2, 0) is 11.4 Å². The van der Waals surface area contributed by atoms with Gasteiger partial charge in [0.25, 0.3) is 0 Å². The van der Waals surface area contributed by atoms with E-state index in [1.807, 2.05) is 18.2 Å². The molecule has 1 fully saturated rings. The highest BCUT2D eigenvalue weighted by molar-refractivity contribution is 6.24. The summed E-state index contributed by atoms with van der Waals surface area (Å²) >= 11 is 5.86.